The zero-order valence-corrected chi connectivity index (χ0v) is 11.0. The van der Waals surface area contributed by atoms with Crippen molar-refractivity contribution in [2.75, 3.05) is 27.2 Å². The fourth-order valence-electron chi connectivity index (χ4n) is 1.71. The lowest BCUT2D eigenvalue weighted by Crippen LogP contribution is -2.20. The van der Waals surface area contributed by atoms with Gasteiger partial charge >= 0.3 is 0 Å². The number of hydrogen-bond acceptors (Lipinski definition) is 5. The molecule has 0 unspecified atom stereocenters. The molecule has 19 heavy (non-hydrogen) atoms. The molecular weight excluding hydrogens is 246 g/mol. The van der Waals surface area contributed by atoms with E-state index in [9.17, 15) is 0 Å². The van der Waals surface area contributed by atoms with Crippen molar-refractivity contribution in [1.29, 1.82) is 0 Å². The summed E-state index contributed by atoms with van der Waals surface area (Å²) in [4.78, 5) is 2.01. The van der Waals surface area contributed by atoms with Crippen molar-refractivity contribution in [1.82, 2.24) is 4.90 Å². The molecule has 1 aromatic heterocycles. The van der Waals surface area contributed by atoms with Gasteiger partial charge in [-0.2, -0.15) is 0 Å². The van der Waals surface area contributed by atoms with E-state index in [-0.39, 0.29) is 11.6 Å². The SMILES string of the molecule is CN(C)CCOc1c(/C(N)=N/O)oc2ccccc12. The summed E-state index contributed by atoms with van der Waals surface area (Å²) in [6.45, 7) is 1.25. The number of nitrogens with zero attached hydrogens (tertiary/aromatic N) is 2. The second-order valence-corrected chi connectivity index (χ2v) is 4.39. The lowest BCUT2D eigenvalue weighted by molar-refractivity contribution is 0.260. The smallest absolute Gasteiger partial charge is 0.215 e. The van der Waals surface area contributed by atoms with Crippen LogP contribution in [0.1, 0.15) is 5.76 Å². The zero-order chi connectivity index (χ0) is 13.8. The molecular formula is C13H17N3O3. The molecule has 0 aliphatic rings. The lowest BCUT2D eigenvalue weighted by atomic mass is 10.2. The van der Waals surface area contributed by atoms with Gasteiger partial charge in [-0.25, -0.2) is 0 Å². The topological polar surface area (TPSA) is 84.2 Å². The maximum atomic E-state index is 8.79. The van der Waals surface area contributed by atoms with Gasteiger partial charge in [-0.3, -0.25) is 0 Å². The third-order valence-corrected chi connectivity index (χ3v) is 2.68. The maximum absolute atomic E-state index is 8.79. The number of likely N-dealkylation sites (N-methyl/N-ethyl adjacent to an activating group) is 1. The number of hydrogen-bond donors (Lipinski definition) is 2. The van der Waals surface area contributed by atoms with Crippen molar-refractivity contribution in [3.8, 4) is 5.75 Å². The summed E-state index contributed by atoms with van der Waals surface area (Å²) in [6, 6.07) is 7.42. The van der Waals surface area contributed by atoms with Crippen LogP contribution in [0.25, 0.3) is 11.0 Å². The van der Waals surface area contributed by atoms with E-state index >= 15 is 0 Å². The number of amidine groups is 1. The monoisotopic (exact) mass is 263 g/mol. The Bertz CT molecular complexity index is 590. The molecule has 0 bridgehead atoms. The van der Waals surface area contributed by atoms with Crippen molar-refractivity contribution in [2.45, 2.75) is 0 Å². The van der Waals surface area contributed by atoms with Crippen LogP contribution in [0.15, 0.2) is 33.8 Å². The van der Waals surface area contributed by atoms with Crippen LogP contribution in [-0.2, 0) is 0 Å². The molecule has 0 aliphatic carbocycles. The second kappa shape index (κ2) is 5.62. The van der Waals surface area contributed by atoms with E-state index in [0.717, 1.165) is 11.9 Å². The van der Waals surface area contributed by atoms with Crippen LogP contribution in [0.2, 0.25) is 0 Å². The largest absolute Gasteiger partial charge is 0.487 e. The number of fused-ring (bicyclic) bond motifs is 1. The molecule has 6 heteroatoms. The molecule has 0 radical (unpaired) electrons. The van der Waals surface area contributed by atoms with Crippen molar-refractivity contribution >= 4 is 16.8 Å². The maximum Gasteiger partial charge on any atom is 0.215 e. The van der Waals surface area contributed by atoms with E-state index in [2.05, 4.69) is 5.16 Å². The summed E-state index contributed by atoms with van der Waals surface area (Å²) in [5, 5.41) is 12.6. The van der Waals surface area contributed by atoms with Crippen molar-refractivity contribution in [2.24, 2.45) is 10.9 Å². The van der Waals surface area contributed by atoms with Gasteiger partial charge in [0.15, 0.2) is 5.75 Å². The minimum absolute atomic E-state index is 0.101. The summed E-state index contributed by atoms with van der Waals surface area (Å²) >= 11 is 0. The highest BCUT2D eigenvalue weighted by Crippen LogP contribution is 2.32. The summed E-state index contributed by atoms with van der Waals surface area (Å²) in [7, 11) is 3.92. The Morgan fingerprint density at radius 3 is 2.84 bits per heavy atom. The number of rotatable bonds is 5. The normalized spacial score (nSPS) is 12.3. The van der Waals surface area contributed by atoms with E-state index in [0.29, 0.717) is 17.9 Å². The van der Waals surface area contributed by atoms with Gasteiger partial charge < -0.3 is 25.0 Å². The molecule has 0 amide bonds. The van der Waals surface area contributed by atoms with Crippen molar-refractivity contribution in [3.05, 3.63) is 30.0 Å². The quantitative estimate of drug-likeness (QED) is 0.369. The predicted molar refractivity (Wildman–Crippen MR) is 72.8 cm³/mol. The van der Waals surface area contributed by atoms with Crippen molar-refractivity contribution < 1.29 is 14.4 Å². The van der Waals surface area contributed by atoms with Crippen LogP contribution >= 0.6 is 0 Å². The lowest BCUT2D eigenvalue weighted by Gasteiger charge is -2.10. The van der Waals surface area contributed by atoms with Gasteiger partial charge in [0.1, 0.15) is 12.2 Å². The molecule has 1 heterocycles. The summed E-state index contributed by atoms with van der Waals surface area (Å²) in [6.07, 6.45) is 0. The van der Waals surface area contributed by atoms with Crippen LogP contribution in [0.4, 0.5) is 0 Å². The van der Waals surface area contributed by atoms with E-state index in [4.69, 9.17) is 20.1 Å². The first-order valence-corrected chi connectivity index (χ1v) is 5.90. The molecule has 0 atom stereocenters. The third kappa shape index (κ3) is 2.79. The number of benzene rings is 1. The Labute approximate surface area is 111 Å². The average molecular weight is 263 g/mol. The minimum Gasteiger partial charge on any atom is -0.487 e. The third-order valence-electron chi connectivity index (χ3n) is 2.68. The molecule has 0 aliphatic heterocycles. The van der Waals surface area contributed by atoms with E-state index in [1.54, 1.807) is 0 Å². The van der Waals surface area contributed by atoms with Crippen molar-refractivity contribution in [3.63, 3.8) is 0 Å². The molecule has 6 nitrogen and oxygen atoms in total. The highest BCUT2D eigenvalue weighted by atomic mass is 16.5. The molecule has 0 spiro atoms. The molecule has 0 saturated heterocycles. The first-order valence-electron chi connectivity index (χ1n) is 5.90. The molecule has 2 rings (SSSR count). The van der Waals surface area contributed by atoms with E-state index < -0.39 is 0 Å². The Morgan fingerprint density at radius 2 is 2.16 bits per heavy atom. The van der Waals surface area contributed by atoms with Crippen LogP contribution in [0.3, 0.4) is 0 Å². The molecule has 3 N–H and O–H groups in total. The Kier molecular flexibility index (Phi) is 3.91. The first kappa shape index (κ1) is 13.2. The highest BCUT2D eigenvalue weighted by Gasteiger charge is 2.18. The zero-order valence-electron chi connectivity index (χ0n) is 11.0. The molecule has 102 valence electrons. The average Bonchev–Trinajstić information content (AvgIpc) is 2.77. The van der Waals surface area contributed by atoms with Crippen LogP contribution in [0, 0.1) is 0 Å². The summed E-state index contributed by atoms with van der Waals surface area (Å²) in [5.41, 5.74) is 6.25. The standard InChI is InChI=1S/C13H17N3O3/c1-16(2)7-8-18-11-9-5-3-4-6-10(9)19-12(11)13(14)15-17/h3-6,17H,7-8H2,1-2H3,(H2,14,15). The van der Waals surface area contributed by atoms with Gasteiger partial charge in [-0.15, -0.1) is 0 Å². The first-order chi connectivity index (χ1) is 9.13. The fourth-order valence-corrected chi connectivity index (χ4v) is 1.71. The number of para-hydroxylation sites is 1. The van der Waals surface area contributed by atoms with Gasteiger partial charge in [0.2, 0.25) is 11.6 Å². The Morgan fingerprint density at radius 1 is 1.42 bits per heavy atom. The summed E-state index contributed by atoms with van der Waals surface area (Å²) < 4.78 is 11.3. The number of furan rings is 1. The number of oxime groups is 1. The second-order valence-electron chi connectivity index (χ2n) is 4.39. The predicted octanol–water partition coefficient (Wildman–Crippen LogP) is 1.47. The Balaban J connectivity index is 2.37. The van der Waals surface area contributed by atoms with Crippen LogP contribution < -0.4 is 10.5 Å². The molecule has 1 aromatic carbocycles. The Hall–Kier alpha value is -2.21. The van der Waals surface area contributed by atoms with Gasteiger partial charge in [-0.1, -0.05) is 17.3 Å². The fraction of sp³-hybridized carbons (Fsp3) is 0.308. The summed E-state index contributed by atoms with van der Waals surface area (Å²) in [5.74, 6) is 0.659. The number of nitrogens with two attached hydrogens (primary N) is 1. The molecule has 0 fully saturated rings. The molecule has 0 saturated carbocycles. The van der Waals surface area contributed by atoms with Gasteiger partial charge in [0.05, 0.1) is 5.39 Å². The highest BCUT2D eigenvalue weighted by molar-refractivity contribution is 6.03. The van der Waals surface area contributed by atoms with E-state index in [1.807, 2.05) is 43.3 Å². The number of ether oxygens (including phenoxy) is 1. The van der Waals surface area contributed by atoms with Crippen LogP contribution in [0.5, 0.6) is 5.75 Å². The van der Waals surface area contributed by atoms with Gasteiger partial charge in [-0.05, 0) is 26.2 Å². The van der Waals surface area contributed by atoms with E-state index in [1.165, 1.54) is 0 Å². The van der Waals surface area contributed by atoms with Gasteiger partial charge in [0.25, 0.3) is 0 Å². The van der Waals surface area contributed by atoms with Gasteiger partial charge in [0, 0.05) is 6.54 Å². The van der Waals surface area contributed by atoms with Crippen LogP contribution in [-0.4, -0.2) is 43.2 Å². The minimum atomic E-state index is -0.101. The molecule has 2 aromatic rings.